The molecule has 0 aromatic carbocycles. The van der Waals surface area contributed by atoms with E-state index in [1.165, 1.54) is 25.9 Å². The van der Waals surface area contributed by atoms with Crippen LogP contribution in [0, 0.1) is 5.92 Å². The summed E-state index contributed by atoms with van der Waals surface area (Å²) in [4.78, 5) is 6.66. The summed E-state index contributed by atoms with van der Waals surface area (Å²) in [6.45, 7) is 4.62. The summed E-state index contributed by atoms with van der Waals surface area (Å²) in [6, 6.07) is 6.15. The maximum absolute atomic E-state index is 5.88. The van der Waals surface area contributed by atoms with Gasteiger partial charge in [0.15, 0.2) is 0 Å². The lowest BCUT2D eigenvalue weighted by molar-refractivity contribution is 0.208. The van der Waals surface area contributed by atoms with Crippen molar-refractivity contribution in [1.29, 1.82) is 0 Å². The van der Waals surface area contributed by atoms with E-state index in [0.29, 0.717) is 11.2 Å². The number of aromatic nitrogens is 1. The topological polar surface area (TPSA) is 28.2 Å². The van der Waals surface area contributed by atoms with Crippen molar-refractivity contribution in [1.82, 2.24) is 9.88 Å². The standard InChI is InChI=1S/C13H20ClN3/c1-10(11-6-8-17(2)9-7-11)15-13-5-3-4-12(14)16-13/h3-5,10-11H,6-9H2,1-2H3,(H,15,16). The smallest absolute Gasteiger partial charge is 0.131 e. The zero-order chi connectivity index (χ0) is 12.3. The zero-order valence-electron chi connectivity index (χ0n) is 10.5. The van der Waals surface area contributed by atoms with E-state index in [1.807, 2.05) is 12.1 Å². The predicted octanol–water partition coefficient (Wildman–Crippen LogP) is 2.88. The van der Waals surface area contributed by atoms with E-state index in [-0.39, 0.29) is 0 Å². The molecule has 1 saturated heterocycles. The van der Waals surface area contributed by atoms with Crippen molar-refractivity contribution in [3.05, 3.63) is 23.4 Å². The molecule has 0 radical (unpaired) electrons. The Morgan fingerprint density at radius 2 is 2.12 bits per heavy atom. The van der Waals surface area contributed by atoms with E-state index < -0.39 is 0 Å². The molecule has 1 fully saturated rings. The van der Waals surface area contributed by atoms with Crippen LogP contribution in [-0.2, 0) is 0 Å². The van der Waals surface area contributed by atoms with Gasteiger partial charge >= 0.3 is 0 Å². The Morgan fingerprint density at radius 3 is 2.76 bits per heavy atom. The number of hydrogen-bond acceptors (Lipinski definition) is 3. The summed E-state index contributed by atoms with van der Waals surface area (Å²) in [6.07, 6.45) is 2.51. The van der Waals surface area contributed by atoms with Crippen LogP contribution in [0.2, 0.25) is 5.15 Å². The average Bonchev–Trinajstić information content (AvgIpc) is 2.29. The fraction of sp³-hybridized carbons (Fsp3) is 0.615. The molecule has 2 heterocycles. The minimum Gasteiger partial charge on any atom is -0.367 e. The molecule has 0 bridgehead atoms. The van der Waals surface area contributed by atoms with Gasteiger partial charge in [0.2, 0.25) is 0 Å². The van der Waals surface area contributed by atoms with Crippen LogP contribution >= 0.6 is 11.6 Å². The van der Waals surface area contributed by atoms with Crippen LogP contribution in [0.1, 0.15) is 19.8 Å². The second kappa shape index (κ2) is 5.69. The van der Waals surface area contributed by atoms with Crippen LogP contribution in [0.3, 0.4) is 0 Å². The number of nitrogens with zero attached hydrogens (tertiary/aromatic N) is 2. The highest BCUT2D eigenvalue weighted by Gasteiger charge is 2.22. The molecule has 1 N–H and O–H groups in total. The van der Waals surface area contributed by atoms with E-state index in [4.69, 9.17) is 11.6 Å². The normalized spacial score (nSPS) is 20.2. The second-order valence-electron chi connectivity index (χ2n) is 4.92. The number of likely N-dealkylation sites (tertiary alicyclic amines) is 1. The van der Waals surface area contributed by atoms with Crippen molar-refractivity contribution < 1.29 is 0 Å². The summed E-state index contributed by atoms with van der Waals surface area (Å²) in [5.41, 5.74) is 0. The van der Waals surface area contributed by atoms with Gasteiger partial charge in [-0.15, -0.1) is 0 Å². The zero-order valence-corrected chi connectivity index (χ0v) is 11.2. The first-order chi connectivity index (χ1) is 8.15. The second-order valence-corrected chi connectivity index (χ2v) is 5.31. The summed E-state index contributed by atoms with van der Waals surface area (Å²) in [5, 5.41) is 4.00. The molecule has 17 heavy (non-hydrogen) atoms. The van der Waals surface area contributed by atoms with Crippen LogP contribution in [0.25, 0.3) is 0 Å². The lowest BCUT2D eigenvalue weighted by atomic mass is 9.90. The summed E-state index contributed by atoms with van der Waals surface area (Å²) in [5.74, 6) is 1.61. The van der Waals surface area contributed by atoms with Gasteiger partial charge in [0.05, 0.1) is 0 Å². The number of hydrogen-bond donors (Lipinski definition) is 1. The van der Waals surface area contributed by atoms with E-state index in [0.717, 1.165) is 11.7 Å². The highest BCUT2D eigenvalue weighted by atomic mass is 35.5. The fourth-order valence-electron chi connectivity index (χ4n) is 2.37. The quantitative estimate of drug-likeness (QED) is 0.840. The Labute approximate surface area is 108 Å². The van der Waals surface area contributed by atoms with Crippen molar-refractivity contribution in [3.8, 4) is 0 Å². The van der Waals surface area contributed by atoms with Crippen LogP contribution in [0.4, 0.5) is 5.82 Å². The lowest BCUT2D eigenvalue weighted by Gasteiger charge is -2.33. The first kappa shape index (κ1) is 12.7. The number of pyridine rings is 1. The fourth-order valence-corrected chi connectivity index (χ4v) is 2.53. The van der Waals surface area contributed by atoms with Gasteiger partial charge in [-0.1, -0.05) is 17.7 Å². The van der Waals surface area contributed by atoms with Gasteiger partial charge in [0, 0.05) is 6.04 Å². The molecule has 0 spiro atoms. The summed E-state index contributed by atoms with van der Waals surface area (Å²) in [7, 11) is 2.19. The number of nitrogens with one attached hydrogen (secondary N) is 1. The number of anilines is 1. The third-order valence-electron chi connectivity index (χ3n) is 3.56. The van der Waals surface area contributed by atoms with E-state index in [9.17, 15) is 0 Å². The third kappa shape index (κ3) is 3.58. The Bertz CT molecular complexity index is 361. The molecule has 94 valence electrons. The van der Waals surface area contributed by atoms with Crippen LogP contribution in [0.5, 0.6) is 0 Å². The van der Waals surface area contributed by atoms with Crippen molar-refractivity contribution in [2.45, 2.75) is 25.8 Å². The molecule has 1 atom stereocenters. The van der Waals surface area contributed by atoms with E-state index in [1.54, 1.807) is 6.07 Å². The first-order valence-electron chi connectivity index (χ1n) is 6.23. The first-order valence-corrected chi connectivity index (χ1v) is 6.60. The average molecular weight is 254 g/mol. The molecule has 1 aromatic rings. The number of piperidine rings is 1. The molecule has 1 unspecified atom stereocenters. The van der Waals surface area contributed by atoms with Crippen molar-refractivity contribution in [2.75, 3.05) is 25.5 Å². The molecular formula is C13H20ClN3. The van der Waals surface area contributed by atoms with Gasteiger partial charge in [-0.05, 0) is 58.0 Å². The van der Waals surface area contributed by atoms with Crippen molar-refractivity contribution in [2.24, 2.45) is 5.92 Å². The van der Waals surface area contributed by atoms with E-state index >= 15 is 0 Å². The Morgan fingerprint density at radius 1 is 1.41 bits per heavy atom. The van der Waals surface area contributed by atoms with Crippen LogP contribution in [-0.4, -0.2) is 36.1 Å². The predicted molar refractivity (Wildman–Crippen MR) is 72.6 cm³/mol. The highest BCUT2D eigenvalue weighted by Crippen LogP contribution is 2.22. The van der Waals surface area contributed by atoms with Crippen LogP contribution < -0.4 is 5.32 Å². The van der Waals surface area contributed by atoms with Gasteiger partial charge in [-0.2, -0.15) is 0 Å². The van der Waals surface area contributed by atoms with Crippen LogP contribution in [0.15, 0.2) is 18.2 Å². The summed E-state index contributed by atoms with van der Waals surface area (Å²) < 4.78 is 0. The number of halogens is 1. The monoisotopic (exact) mass is 253 g/mol. The Hall–Kier alpha value is -0.800. The molecule has 4 heteroatoms. The van der Waals surface area contributed by atoms with Gasteiger partial charge < -0.3 is 10.2 Å². The van der Waals surface area contributed by atoms with Gasteiger partial charge in [0.25, 0.3) is 0 Å². The molecule has 2 rings (SSSR count). The Kier molecular flexibility index (Phi) is 4.24. The molecule has 1 aliphatic rings. The molecular weight excluding hydrogens is 234 g/mol. The minimum absolute atomic E-state index is 0.453. The number of rotatable bonds is 3. The molecule has 3 nitrogen and oxygen atoms in total. The maximum atomic E-state index is 5.88. The highest BCUT2D eigenvalue weighted by molar-refractivity contribution is 6.29. The van der Waals surface area contributed by atoms with Crippen molar-refractivity contribution in [3.63, 3.8) is 0 Å². The summed E-state index contributed by atoms with van der Waals surface area (Å²) >= 11 is 5.88. The minimum atomic E-state index is 0.453. The van der Waals surface area contributed by atoms with Gasteiger partial charge in [0.1, 0.15) is 11.0 Å². The SMILES string of the molecule is CC(Nc1cccc(Cl)n1)C1CCN(C)CC1. The Balaban J connectivity index is 1.90. The molecule has 1 aliphatic heterocycles. The molecule has 0 aliphatic carbocycles. The van der Waals surface area contributed by atoms with Crippen molar-refractivity contribution >= 4 is 17.4 Å². The largest absolute Gasteiger partial charge is 0.367 e. The molecule has 0 amide bonds. The molecule has 0 saturated carbocycles. The van der Waals surface area contributed by atoms with Gasteiger partial charge in [-0.25, -0.2) is 4.98 Å². The molecule has 1 aromatic heterocycles. The van der Waals surface area contributed by atoms with Gasteiger partial charge in [-0.3, -0.25) is 0 Å². The van der Waals surface area contributed by atoms with E-state index in [2.05, 4.69) is 29.2 Å². The maximum Gasteiger partial charge on any atom is 0.131 e. The lowest BCUT2D eigenvalue weighted by Crippen LogP contribution is -2.37. The third-order valence-corrected chi connectivity index (χ3v) is 3.77.